The summed E-state index contributed by atoms with van der Waals surface area (Å²) < 4.78 is 0. The smallest absolute Gasteiger partial charge is 0.112 e. The number of nitrogens with zero attached hydrogens (tertiary/aromatic N) is 3. The van der Waals surface area contributed by atoms with Gasteiger partial charge in [0, 0.05) is 6.20 Å². The van der Waals surface area contributed by atoms with Gasteiger partial charge in [-0.2, -0.15) is 5.10 Å². The second kappa shape index (κ2) is 2.52. The van der Waals surface area contributed by atoms with Crippen molar-refractivity contribution < 1.29 is 0 Å². The van der Waals surface area contributed by atoms with E-state index in [9.17, 15) is 0 Å². The van der Waals surface area contributed by atoms with E-state index in [2.05, 4.69) is 15.2 Å². The van der Waals surface area contributed by atoms with Gasteiger partial charge in [0.2, 0.25) is 0 Å². The van der Waals surface area contributed by atoms with Crippen LogP contribution in [0.1, 0.15) is 11.1 Å². The Labute approximate surface area is 70.5 Å². The topological polar surface area (TPSA) is 38.7 Å². The van der Waals surface area contributed by atoms with Crippen LogP contribution in [0.5, 0.6) is 0 Å². The van der Waals surface area contributed by atoms with E-state index in [1.165, 1.54) is 0 Å². The van der Waals surface area contributed by atoms with Gasteiger partial charge in [0.25, 0.3) is 0 Å². The number of hydrogen-bond acceptors (Lipinski definition) is 3. The van der Waals surface area contributed by atoms with E-state index in [1.807, 2.05) is 26.1 Å². The molecule has 0 atom stereocenters. The Morgan fingerprint density at radius 3 is 2.83 bits per heavy atom. The molecule has 0 aliphatic heterocycles. The van der Waals surface area contributed by atoms with Gasteiger partial charge in [0.05, 0.1) is 11.7 Å². The summed E-state index contributed by atoms with van der Waals surface area (Å²) in [5.74, 6) is 0. The maximum atomic E-state index is 4.28. The summed E-state index contributed by atoms with van der Waals surface area (Å²) in [5, 5.41) is 7.85. The highest BCUT2D eigenvalue weighted by molar-refractivity contribution is 5.76. The highest BCUT2D eigenvalue weighted by Gasteiger charge is 1.99. The molecule has 0 spiro atoms. The molecular weight excluding hydrogens is 150 g/mol. The van der Waals surface area contributed by atoms with Gasteiger partial charge in [-0.25, -0.2) is 0 Å². The van der Waals surface area contributed by atoms with Crippen molar-refractivity contribution in [1.82, 2.24) is 15.2 Å². The monoisotopic (exact) mass is 159 g/mol. The van der Waals surface area contributed by atoms with Crippen molar-refractivity contribution in [3.63, 3.8) is 0 Å². The van der Waals surface area contributed by atoms with Crippen LogP contribution in [0.3, 0.4) is 0 Å². The van der Waals surface area contributed by atoms with Crippen LogP contribution in [0, 0.1) is 13.8 Å². The average Bonchev–Trinajstić information content (AvgIpc) is 2.04. The predicted octanol–water partition coefficient (Wildman–Crippen LogP) is 1.64. The molecule has 0 aromatic carbocycles. The van der Waals surface area contributed by atoms with Crippen LogP contribution >= 0.6 is 0 Å². The Morgan fingerprint density at radius 1 is 1.17 bits per heavy atom. The van der Waals surface area contributed by atoms with Crippen LogP contribution in [0.25, 0.3) is 11.0 Å². The first-order chi connectivity index (χ1) is 5.77. The van der Waals surface area contributed by atoms with Gasteiger partial charge in [-0.3, -0.25) is 4.98 Å². The van der Waals surface area contributed by atoms with Crippen LogP contribution in [-0.2, 0) is 0 Å². The zero-order valence-electron chi connectivity index (χ0n) is 7.07. The van der Waals surface area contributed by atoms with Crippen LogP contribution in [0.2, 0.25) is 0 Å². The molecule has 0 radical (unpaired) electrons. The van der Waals surface area contributed by atoms with Crippen molar-refractivity contribution in [1.29, 1.82) is 0 Å². The Bertz CT molecular complexity index is 423. The Kier molecular flexibility index (Phi) is 1.50. The van der Waals surface area contributed by atoms with Crippen molar-refractivity contribution in [3.8, 4) is 0 Å². The van der Waals surface area contributed by atoms with E-state index in [1.54, 1.807) is 6.20 Å². The van der Waals surface area contributed by atoms with Crippen LogP contribution < -0.4 is 0 Å². The minimum absolute atomic E-state index is 0.870. The van der Waals surface area contributed by atoms with Crippen LogP contribution in [0.4, 0.5) is 0 Å². The van der Waals surface area contributed by atoms with Gasteiger partial charge < -0.3 is 0 Å². The van der Waals surface area contributed by atoms with Gasteiger partial charge in [0.1, 0.15) is 5.52 Å². The van der Waals surface area contributed by atoms with Gasteiger partial charge in [-0.15, -0.1) is 5.10 Å². The SMILES string of the molecule is Cc1cnc2c(C)cnnc2c1. The second-order valence-corrected chi connectivity index (χ2v) is 2.91. The molecule has 0 aliphatic carbocycles. The first-order valence-corrected chi connectivity index (χ1v) is 3.82. The standard InChI is InChI=1S/C9H9N3/c1-6-3-8-9(10-4-6)7(2)5-11-12-8/h3-5H,1-2H3. The molecule has 2 heterocycles. The zero-order valence-corrected chi connectivity index (χ0v) is 7.07. The lowest BCUT2D eigenvalue weighted by Gasteiger charge is -1.98. The molecule has 2 aromatic heterocycles. The first-order valence-electron chi connectivity index (χ1n) is 3.82. The molecule has 0 N–H and O–H groups in total. The summed E-state index contributed by atoms with van der Waals surface area (Å²) in [4.78, 5) is 4.28. The molecule has 0 saturated carbocycles. The maximum absolute atomic E-state index is 4.28. The summed E-state index contributed by atoms with van der Waals surface area (Å²) in [7, 11) is 0. The summed E-state index contributed by atoms with van der Waals surface area (Å²) in [5.41, 5.74) is 3.99. The molecule has 0 bridgehead atoms. The third-order valence-corrected chi connectivity index (χ3v) is 1.79. The Hall–Kier alpha value is -1.51. The van der Waals surface area contributed by atoms with E-state index in [-0.39, 0.29) is 0 Å². The van der Waals surface area contributed by atoms with Crippen molar-refractivity contribution in [3.05, 3.63) is 29.6 Å². The number of pyridine rings is 1. The van der Waals surface area contributed by atoms with E-state index in [0.717, 1.165) is 22.2 Å². The fraction of sp³-hybridized carbons (Fsp3) is 0.222. The molecule has 0 aliphatic rings. The summed E-state index contributed by atoms with van der Waals surface area (Å²) >= 11 is 0. The highest BCUT2D eigenvalue weighted by Crippen LogP contribution is 2.12. The number of fused-ring (bicyclic) bond motifs is 1. The van der Waals surface area contributed by atoms with Gasteiger partial charge >= 0.3 is 0 Å². The van der Waals surface area contributed by atoms with Crippen molar-refractivity contribution in [2.75, 3.05) is 0 Å². The lowest BCUT2D eigenvalue weighted by atomic mass is 10.2. The van der Waals surface area contributed by atoms with E-state index in [0.29, 0.717) is 0 Å². The van der Waals surface area contributed by atoms with Gasteiger partial charge in [-0.1, -0.05) is 0 Å². The second-order valence-electron chi connectivity index (χ2n) is 2.91. The van der Waals surface area contributed by atoms with Crippen LogP contribution in [0.15, 0.2) is 18.5 Å². The molecule has 12 heavy (non-hydrogen) atoms. The summed E-state index contributed by atoms with van der Waals surface area (Å²) in [6.07, 6.45) is 3.57. The fourth-order valence-corrected chi connectivity index (χ4v) is 1.17. The molecule has 0 amide bonds. The number of aromatic nitrogens is 3. The number of aryl methyl sites for hydroxylation is 2. The molecule has 0 unspecified atom stereocenters. The number of hydrogen-bond donors (Lipinski definition) is 0. The molecule has 0 saturated heterocycles. The normalized spacial score (nSPS) is 10.5. The third kappa shape index (κ3) is 1.03. The summed E-state index contributed by atoms with van der Waals surface area (Å²) in [6, 6.07) is 1.99. The van der Waals surface area contributed by atoms with E-state index in [4.69, 9.17) is 0 Å². The lowest BCUT2D eigenvalue weighted by Crippen LogP contribution is -1.90. The Morgan fingerprint density at radius 2 is 2.00 bits per heavy atom. The largest absolute Gasteiger partial charge is 0.254 e. The zero-order chi connectivity index (χ0) is 8.55. The molecule has 3 heteroatoms. The molecule has 3 nitrogen and oxygen atoms in total. The lowest BCUT2D eigenvalue weighted by molar-refractivity contribution is 1.05. The van der Waals surface area contributed by atoms with Crippen molar-refractivity contribution >= 4 is 11.0 Å². The third-order valence-electron chi connectivity index (χ3n) is 1.79. The van der Waals surface area contributed by atoms with E-state index < -0.39 is 0 Å². The van der Waals surface area contributed by atoms with Crippen LogP contribution in [-0.4, -0.2) is 15.2 Å². The molecule has 2 rings (SSSR count). The minimum Gasteiger partial charge on any atom is -0.254 e. The highest BCUT2D eigenvalue weighted by atomic mass is 15.1. The number of rotatable bonds is 0. The maximum Gasteiger partial charge on any atom is 0.112 e. The Balaban J connectivity index is 2.86. The molecule has 0 fully saturated rings. The van der Waals surface area contributed by atoms with Crippen molar-refractivity contribution in [2.24, 2.45) is 0 Å². The summed E-state index contributed by atoms with van der Waals surface area (Å²) in [6.45, 7) is 3.98. The molecule has 2 aromatic rings. The van der Waals surface area contributed by atoms with Gasteiger partial charge in [0.15, 0.2) is 0 Å². The molecular formula is C9H9N3. The molecule has 60 valence electrons. The predicted molar refractivity (Wildman–Crippen MR) is 46.8 cm³/mol. The minimum atomic E-state index is 0.870. The van der Waals surface area contributed by atoms with Gasteiger partial charge in [-0.05, 0) is 31.0 Å². The van der Waals surface area contributed by atoms with Crippen molar-refractivity contribution in [2.45, 2.75) is 13.8 Å². The quantitative estimate of drug-likeness (QED) is 0.586. The fourth-order valence-electron chi connectivity index (χ4n) is 1.17. The average molecular weight is 159 g/mol. The first kappa shape index (κ1) is 7.16. The van der Waals surface area contributed by atoms with E-state index >= 15 is 0 Å².